The van der Waals surface area contributed by atoms with Gasteiger partial charge in [0.2, 0.25) is 5.91 Å². The van der Waals surface area contributed by atoms with E-state index < -0.39 is 23.8 Å². The van der Waals surface area contributed by atoms with E-state index in [1.807, 2.05) is 0 Å². The number of aromatic nitrogens is 2. The fourth-order valence-corrected chi connectivity index (χ4v) is 1.81. The number of alkyl halides is 2. The molecule has 0 aliphatic heterocycles. The van der Waals surface area contributed by atoms with Crippen LogP contribution in [-0.2, 0) is 11.3 Å². The number of nitrogens with one attached hydrogen (secondary N) is 1. The maximum Gasteiger partial charge on any atom is 0.276 e. The molecular formula is C14H12F2N4O3. The highest BCUT2D eigenvalue weighted by atomic mass is 19.3. The number of hydrogen-bond acceptors (Lipinski definition) is 4. The molecule has 0 spiro atoms. The van der Waals surface area contributed by atoms with Gasteiger partial charge in [-0.05, 0) is 12.1 Å². The van der Waals surface area contributed by atoms with E-state index in [-0.39, 0.29) is 16.9 Å². The van der Waals surface area contributed by atoms with Crippen LogP contribution < -0.4 is 5.32 Å². The van der Waals surface area contributed by atoms with Crippen molar-refractivity contribution in [2.75, 3.05) is 5.32 Å². The summed E-state index contributed by atoms with van der Waals surface area (Å²) in [6.45, 7) is -0.568. The number of nitro benzene ring substituents is 1. The van der Waals surface area contributed by atoms with Crippen LogP contribution in [-0.4, -0.2) is 27.0 Å². The maximum atomic E-state index is 12.2. The number of carbonyl (C=O) groups is 1. The van der Waals surface area contributed by atoms with Gasteiger partial charge in [-0.2, -0.15) is 5.10 Å². The number of benzene rings is 1. The number of nitrogens with zero attached hydrogens (tertiary/aromatic N) is 3. The van der Waals surface area contributed by atoms with Gasteiger partial charge in [-0.3, -0.25) is 19.6 Å². The SMILES string of the molecule is O=C(C=Cc1ccccc1[N+](=O)[O-])Nc1cnn(CC(F)F)c1. The molecule has 1 N–H and O–H groups in total. The minimum absolute atomic E-state index is 0.124. The number of halogens is 2. The van der Waals surface area contributed by atoms with Gasteiger partial charge in [0, 0.05) is 18.3 Å². The molecule has 0 radical (unpaired) electrons. The molecule has 0 fully saturated rings. The van der Waals surface area contributed by atoms with E-state index in [0.717, 1.165) is 10.8 Å². The van der Waals surface area contributed by atoms with E-state index in [1.165, 1.54) is 36.7 Å². The molecule has 0 aliphatic carbocycles. The van der Waals surface area contributed by atoms with Crippen LogP contribution in [0.3, 0.4) is 0 Å². The second-order valence-electron chi connectivity index (χ2n) is 4.48. The average molecular weight is 322 g/mol. The number of carbonyl (C=O) groups excluding carboxylic acids is 1. The van der Waals surface area contributed by atoms with E-state index in [0.29, 0.717) is 0 Å². The fraction of sp³-hybridized carbons (Fsp3) is 0.143. The molecule has 120 valence electrons. The summed E-state index contributed by atoms with van der Waals surface area (Å²) in [5, 5.41) is 17.0. The first-order valence-corrected chi connectivity index (χ1v) is 6.49. The Hall–Kier alpha value is -3.10. The van der Waals surface area contributed by atoms with Crippen molar-refractivity contribution in [1.29, 1.82) is 0 Å². The first kappa shape index (κ1) is 16.3. The quantitative estimate of drug-likeness (QED) is 0.503. The van der Waals surface area contributed by atoms with Gasteiger partial charge in [0.1, 0.15) is 6.54 Å². The van der Waals surface area contributed by atoms with Crippen LogP contribution in [0.2, 0.25) is 0 Å². The lowest BCUT2D eigenvalue weighted by molar-refractivity contribution is -0.385. The van der Waals surface area contributed by atoms with E-state index >= 15 is 0 Å². The molecule has 2 aromatic rings. The third kappa shape index (κ3) is 4.70. The van der Waals surface area contributed by atoms with Crippen molar-refractivity contribution in [3.8, 4) is 0 Å². The van der Waals surface area contributed by atoms with Crippen molar-refractivity contribution in [2.45, 2.75) is 13.0 Å². The molecule has 1 heterocycles. The zero-order valence-corrected chi connectivity index (χ0v) is 11.7. The topological polar surface area (TPSA) is 90.1 Å². The molecule has 9 heteroatoms. The van der Waals surface area contributed by atoms with Crippen molar-refractivity contribution in [1.82, 2.24) is 9.78 Å². The number of nitro groups is 1. The molecule has 0 unspecified atom stereocenters. The first-order chi connectivity index (χ1) is 11.0. The highest BCUT2D eigenvalue weighted by molar-refractivity contribution is 6.02. The van der Waals surface area contributed by atoms with Crippen molar-refractivity contribution in [2.24, 2.45) is 0 Å². The Bertz CT molecular complexity index is 743. The minimum Gasteiger partial charge on any atom is -0.320 e. The molecule has 1 aromatic heterocycles. The van der Waals surface area contributed by atoms with Gasteiger partial charge >= 0.3 is 0 Å². The zero-order chi connectivity index (χ0) is 16.8. The summed E-state index contributed by atoms with van der Waals surface area (Å²) in [7, 11) is 0. The Labute approximate surface area is 129 Å². The van der Waals surface area contributed by atoms with Crippen LogP contribution in [0, 0.1) is 10.1 Å². The molecule has 7 nitrogen and oxygen atoms in total. The predicted molar refractivity (Wildman–Crippen MR) is 79.0 cm³/mol. The summed E-state index contributed by atoms with van der Waals surface area (Å²) >= 11 is 0. The smallest absolute Gasteiger partial charge is 0.276 e. The van der Waals surface area contributed by atoms with Crippen molar-refractivity contribution >= 4 is 23.4 Å². The van der Waals surface area contributed by atoms with Crippen LogP contribution in [0.4, 0.5) is 20.2 Å². The lowest BCUT2D eigenvalue weighted by Crippen LogP contribution is -2.08. The number of rotatable bonds is 6. The van der Waals surface area contributed by atoms with E-state index in [4.69, 9.17) is 0 Å². The number of amides is 1. The van der Waals surface area contributed by atoms with E-state index in [1.54, 1.807) is 6.07 Å². The zero-order valence-electron chi connectivity index (χ0n) is 11.7. The first-order valence-electron chi connectivity index (χ1n) is 6.49. The van der Waals surface area contributed by atoms with Gasteiger partial charge in [-0.1, -0.05) is 12.1 Å². The molecule has 1 aromatic carbocycles. The number of para-hydroxylation sites is 1. The van der Waals surface area contributed by atoms with Gasteiger partial charge in [-0.25, -0.2) is 8.78 Å². The van der Waals surface area contributed by atoms with Crippen molar-refractivity contribution in [3.63, 3.8) is 0 Å². The van der Waals surface area contributed by atoms with E-state index in [2.05, 4.69) is 10.4 Å². The molecule has 0 saturated carbocycles. The lowest BCUT2D eigenvalue weighted by atomic mass is 10.1. The molecular weight excluding hydrogens is 310 g/mol. The molecule has 1 amide bonds. The summed E-state index contributed by atoms with van der Waals surface area (Å²) in [5.41, 5.74) is 0.408. The van der Waals surface area contributed by atoms with E-state index in [9.17, 15) is 23.7 Å². The summed E-state index contributed by atoms with van der Waals surface area (Å²) in [6, 6.07) is 5.96. The highest BCUT2D eigenvalue weighted by Gasteiger charge is 2.10. The monoisotopic (exact) mass is 322 g/mol. The van der Waals surface area contributed by atoms with Crippen LogP contribution in [0.25, 0.3) is 6.08 Å². The van der Waals surface area contributed by atoms with Gasteiger partial charge in [0.05, 0.1) is 22.4 Å². The number of anilines is 1. The summed E-state index contributed by atoms with van der Waals surface area (Å²) in [5.74, 6) is -0.556. The van der Waals surface area contributed by atoms with Crippen LogP contribution in [0.5, 0.6) is 0 Å². The Morgan fingerprint density at radius 1 is 1.43 bits per heavy atom. The third-order valence-electron chi connectivity index (χ3n) is 2.77. The second-order valence-corrected chi connectivity index (χ2v) is 4.48. The Morgan fingerprint density at radius 3 is 2.87 bits per heavy atom. The van der Waals surface area contributed by atoms with Gasteiger partial charge in [-0.15, -0.1) is 0 Å². The Balaban J connectivity index is 2.02. The predicted octanol–water partition coefficient (Wildman–Crippen LogP) is 2.71. The summed E-state index contributed by atoms with van der Waals surface area (Å²) in [4.78, 5) is 22.0. The molecule has 0 saturated heterocycles. The Morgan fingerprint density at radius 2 is 2.17 bits per heavy atom. The Kier molecular flexibility index (Phi) is 5.13. The van der Waals surface area contributed by atoms with Gasteiger partial charge in [0.15, 0.2) is 0 Å². The average Bonchev–Trinajstić information content (AvgIpc) is 2.91. The standard InChI is InChI=1S/C14H12F2N4O3/c15-13(16)9-19-8-11(7-17-19)18-14(21)6-5-10-3-1-2-4-12(10)20(22)23/h1-8,13H,9H2,(H,18,21). The maximum absolute atomic E-state index is 12.2. The van der Waals surface area contributed by atoms with Crippen molar-refractivity contribution < 1.29 is 18.5 Å². The minimum atomic E-state index is -2.54. The van der Waals surface area contributed by atoms with Gasteiger partial charge < -0.3 is 5.32 Å². The number of hydrogen-bond donors (Lipinski definition) is 1. The third-order valence-corrected chi connectivity index (χ3v) is 2.77. The fourth-order valence-electron chi connectivity index (χ4n) is 1.81. The molecule has 0 aliphatic rings. The normalized spacial score (nSPS) is 11.1. The van der Waals surface area contributed by atoms with Crippen LogP contribution >= 0.6 is 0 Å². The van der Waals surface area contributed by atoms with Gasteiger partial charge in [0.25, 0.3) is 12.1 Å². The van der Waals surface area contributed by atoms with Crippen LogP contribution in [0.15, 0.2) is 42.7 Å². The molecule has 23 heavy (non-hydrogen) atoms. The summed E-state index contributed by atoms with van der Waals surface area (Å²) in [6.07, 6.45) is 2.38. The van der Waals surface area contributed by atoms with Crippen LogP contribution in [0.1, 0.15) is 5.56 Å². The molecule has 0 bridgehead atoms. The lowest BCUT2D eigenvalue weighted by Gasteiger charge is -1.99. The molecule has 0 atom stereocenters. The van der Waals surface area contributed by atoms with Crippen molar-refractivity contribution in [3.05, 3.63) is 58.4 Å². The second kappa shape index (κ2) is 7.25. The highest BCUT2D eigenvalue weighted by Crippen LogP contribution is 2.19. The summed E-state index contributed by atoms with van der Waals surface area (Å²) < 4.78 is 25.4. The largest absolute Gasteiger partial charge is 0.320 e. The molecule has 2 rings (SSSR count).